The summed E-state index contributed by atoms with van der Waals surface area (Å²) in [6.07, 6.45) is -0.0444. The SMILES string of the molecule is Cc1noc(-c2nc3c(n2C)CN([C@H]2CO[C@H](c4cc(F)ccc4F)[C@@H](N)C2)C3)n1. The molecule has 3 aromatic rings. The number of benzene rings is 1. The van der Waals surface area contributed by atoms with Crippen molar-refractivity contribution in [3.8, 4) is 11.7 Å². The number of fused-ring (bicyclic) bond motifs is 1. The second-order valence-electron chi connectivity index (χ2n) is 7.91. The zero-order valence-electron chi connectivity index (χ0n) is 16.7. The average Bonchev–Trinajstić information content (AvgIpc) is 3.40. The molecule has 30 heavy (non-hydrogen) atoms. The molecular formula is C20H22F2N6O2. The van der Waals surface area contributed by atoms with E-state index in [2.05, 4.69) is 20.0 Å². The van der Waals surface area contributed by atoms with Crippen molar-refractivity contribution in [2.24, 2.45) is 12.8 Å². The van der Waals surface area contributed by atoms with E-state index in [1.807, 2.05) is 11.6 Å². The van der Waals surface area contributed by atoms with Crippen molar-refractivity contribution in [3.05, 3.63) is 52.6 Å². The van der Waals surface area contributed by atoms with Gasteiger partial charge in [-0.2, -0.15) is 4.98 Å². The highest BCUT2D eigenvalue weighted by Crippen LogP contribution is 2.35. The van der Waals surface area contributed by atoms with Crippen molar-refractivity contribution in [2.75, 3.05) is 6.61 Å². The lowest BCUT2D eigenvalue weighted by Crippen LogP contribution is -2.47. The number of rotatable bonds is 3. The Hall–Kier alpha value is -2.69. The highest BCUT2D eigenvalue weighted by Gasteiger charge is 2.38. The van der Waals surface area contributed by atoms with E-state index in [4.69, 9.17) is 15.0 Å². The van der Waals surface area contributed by atoms with Crippen LogP contribution in [-0.4, -0.2) is 43.3 Å². The van der Waals surface area contributed by atoms with Crippen LogP contribution in [0.15, 0.2) is 22.7 Å². The number of halogens is 2. The summed E-state index contributed by atoms with van der Waals surface area (Å²) in [7, 11) is 1.93. The molecule has 4 heterocycles. The number of aromatic nitrogens is 4. The first kappa shape index (κ1) is 19.3. The number of aryl methyl sites for hydroxylation is 1. The van der Waals surface area contributed by atoms with E-state index in [1.165, 1.54) is 0 Å². The Balaban J connectivity index is 1.29. The quantitative estimate of drug-likeness (QED) is 0.700. The Morgan fingerprint density at radius 3 is 2.73 bits per heavy atom. The van der Waals surface area contributed by atoms with Crippen LogP contribution in [0.5, 0.6) is 0 Å². The second kappa shape index (κ2) is 7.22. The summed E-state index contributed by atoms with van der Waals surface area (Å²) in [5.74, 6) is 0.611. The third-order valence-electron chi connectivity index (χ3n) is 5.90. The third kappa shape index (κ3) is 3.21. The molecule has 2 N–H and O–H groups in total. The van der Waals surface area contributed by atoms with Crippen molar-refractivity contribution >= 4 is 0 Å². The smallest absolute Gasteiger partial charge is 0.293 e. The molecule has 0 saturated carbocycles. The van der Waals surface area contributed by atoms with Crippen molar-refractivity contribution in [1.82, 2.24) is 24.6 Å². The first-order chi connectivity index (χ1) is 14.4. The molecule has 0 spiro atoms. The van der Waals surface area contributed by atoms with Crippen LogP contribution in [0.1, 0.15) is 35.3 Å². The molecule has 2 aromatic heterocycles. The molecule has 0 bridgehead atoms. The highest BCUT2D eigenvalue weighted by molar-refractivity contribution is 5.45. The number of hydrogen-bond acceptors (Lipinski definition) is 7. The summed E-state index contributed by atoms with van der Waals surface area (Å²) in [6.45, 7) is 3.49. The van der Waals surface area contributed by atoms with E-state index in [1.54, 1.807) is 6.92 Å². The predicted octanol–water partition coefficient (Wildman–Crippen LogP) is 2.23. The Kier molecular flexibility index (Phi) is 4.64. The molecule has 0 amide bonds. The number of nitrogens with zero attached hydrogens (tertiary/aromatic N) is 5. The van der Waals surface area contributed by atoms with Crippen LogP contribution in [0.3, 0.4) is 0 Å². The van der Waals surface area contributed by atoms with Crippen LogP contribution in [0.25, 0.3) is 11.7 Å². The number of hydrogen-bond donors (Lipinski definition) is 1. The van der Waals surface area contributed by atoms with Gasteiger partial charge in [0, 0.05) is 37.8 Å². The topological polar surface area (TPSA) is 95.2 Å². The minimum atomic E-state index is -0.660. The molecule has 0 aliphatic carbocycles. The fraction of sp³-hybridized carbons (Fsp3) is 0.450. The summed E-state index contributed by atoms with van der Waals surface area (Å²) in [5, 5.41) is 3.83. The van der Waals surface area contributed by atoms with Crippen LogP contribution in [0, 0.1) is 18.6 Å². The standard InChI is InChI=1S/C20H22F2N6O2/c1-10-24-20(30-26-10)19-25-16-7-28(8-17(16)27(19)2)12-6-15(23)18(29-9-12)13-5-11(21)3-4-14(13)22/h3-5,12,15,18H,6-9,23H2,1-2H3/t12-,15+,18-/m1/s1. The van der Waals surface area contributed by atoms with Gasteiger partial charge in [0.05, 0.1) is 18.0 Å². The molecule has 5 rings (SSSR count). The summed E-state index contributed by atoms with van der Waals surface area (Å²) in [4.78, 5) is 11.2. The summed E-state index contributed by atoms with van der Waals surface area (Å²) in [5.41, 5.74) is 8.51. The van der Waals surface area contributed by atoms with E-state index in [9.17, 15) is 8.78 Å². The lowest BCUT2D eigenvalue weighted by molar-refractivity contribution is -0.0534. The van der Waals surface area contributed by atoms with Crippen LogP contribution < -0.4 is 5.73 Å². The monoisotopic (exact) mass is 416 g/mol. The van der Waals surface area contributed by atoms with E-state index in [-0.39, 0.29) is 11.6 Å². The second-order valence-corrected chi connectivity index (χ2v) is 7.91. The van der Waals surface area contributed by atoms with Gasteiger partial charge in [0.2, 0.25) is 0 Å². The third-order valence-corrected chi connectivity index (χ3v) is 5.90. The van der Waals surface area contributed by atoms with E-state index >= 15 is 0 Å². The molecular weight excluding hydrogens is 394 g/mol. The molecule has 2 aliphatic heterocycles. The first-order valence-corrected chi connectivity index (χ1v) is 9.82. The van der Waals surface area contributed by atoms with Gasteiger partial charge in [0.1, 0.15) is 17.7 Å². The average molecular weight is 416 g/mol. The number of imidazole rings is 1. The van der Waals surface area contributed by atoms with Gasteiger partial charge in [-0.05, 0) is 31.5 Å². The molecule has 1 aromatic carbocycles. The Bertz CT molecular complexity index is 1100. The summed E-state index contributed by atoms with van der Waals surface area (Å²) >= 11 is 0. The molecule has 1 saturated heterocycles. The summed E-state index contributed by atoms with van der Waals surface area (Å²) in [6, 6.07) is 2.99. The van der Waals surface area contributed by atoms with Gasteiger partial charge in [-0.3, -0.25) is 4.90 Å². The normalized spacial score (nSPS) is 24.4. The van der Waals surface area contributed by atoms with Crippen molar-refractivity contribution < 1.29 is 18.0 Å². The van der Waals surface area contributed by atoms with Gasteiger partial charge in [-0.15, -0.1) is 0 Å². The maximum atomic E-state index is 14.1. The minimum absolute atomic E-state index is 0.0659. The van der Waals surface area contributed by atoms with Crippen molar-refractivity contribution in [1.29, 1.82) is 0 Å². The van der Waals surface area contributed by atoms with Crippen LogP contribution in [-0.2, 0) is 24.9 Å². The van der Waals surface area contributed by atoms with Gasteiger partial charge < -0.3 is 19.6 Å². The molecule has 0 radical (unpaired) electrons. The molecule has 2 aliphatic rings. The fourth-order valence-electron chi connectivity index (χ4n) is 4.34. The largest absolute Gasteiger partial charge is 0.370 e. The Morgan fingerprint density at radius 2 is 2.03 bits per heavy atom. The lowest BCUT2D eigenvalue weighted by atomic mass is 9.93. The van der Waals surface area contributed by atoms with Gasteiger partial charge in [-0.1, -0.05) is 5.16 Å². The fourth-order valence-corrected chi connectivity index (χ4v) is 4.34. The van der Waals surface area contributed by atoms with Crippen molar-refractivity contribution in [2.45, 2.75) is 44.6 Å². The lowest BCUT2D eigenvalue weighted by Gasteiger charge is -2.38. The molecule has 1 fully saturated rings. The van der Waals surface area contributed by atoms with Gasteiger partial charge >= 0.3 is 0 Å². The summed E-state index contributed by atoms with van der Waals surface area (Å²) < 4.78 is 40.8. The molecule has 0 unspecified atom stereocenters. The van der Waals surface area contributed by atoms with Crippen molar-refractivity contribution in [3.63, 3.8) is 0 Å². The van der Waals surface area contributed by atoms with Gasteiger partial charge in [-0.25, -0.2) is 13.8 Å². The molecule has 3 atom stereocenters. The zero-order valence-corrected chi connectivity index (χ0v) is 16.7. The van der Waals surface area contributed by atoms with Gasteiger partial charge in [0.15, 0.2) is 11.6 Å². The van der Waals surface area contributed by atoms with Crippen LogP contribution in [0.2, 0.25) is 0 Å². The predicted molar refractivity (Wildman–Crippen MR) is 102 cm³/mol. The minimum Gasteiger partial charge on any atom is -0.370 e. The molecule has 158 valence electrons. The van der Waals surface area contributed by atoms with Gasteiger partial charge in [0.25, 0.3) is 5.89 Å². The zero-order chi connectivity index (χ0) is 21.0. The molecule has 10 heteroatoms. The first-order valence-electron chi connectivity index (χ1n) is 9.82. The maximum absolute atomic E-state index is 14.1. The van der Waals surface area contributed by atoms with E-state index in [0.717, 1.165) is 29.6 Å². The Morgan fingerprint density at radius 1 is 1.20 bits per heavy atom. The van der Waals surface area contributed by atoms with Crippen LogP contribution >= 0.6 is 0 Å². The number of nitrogens with two attached hydrogens (primary N) is 1. The maximum Gasteiger partial charge on any atom is 0.293 e. The highest BCUT2D eigenvalue weighted by atomic mass is 19.1. The van der Waals surface area contributed by atoms with E-state index < -0.39 is 23.8 Å². The van der Waals surface area contributed by atoms with Crippen LogP contribution in [0.4, 0.5) is 8.78 Å². The Labute approximate surface area is 171 Å². The molecule has 8 nitrogen and oxygen atoms in total. The number of ether oxygens (including phenoxy) is 1. The van der Waals surface area contributed by atoms with E-state index in [0.29, 0.717) is 43.7 Å².